The van der Waals surface area contributed by atoms with Crippen LogP contribution in [0, 0.1) is 0 Å². The Kier molecular flexibility index (Phi) is 3.87. The van der Waals surface area contributed by atoms with Crippen molar-refractivity contribution in [1.29, 1.82) is 0 Å². The van der Waals surface area contributed by atoms with Crippen molar-refractivity contribution in [2.24, 2.45) is 0 Å². The molecule has 5 aromatic rings. The Bertz CT molecular complexity index is 1270. The third-order valence-electron chi connectivity index (χ3n) is 4.65. The number of rotatable bonds is 4. The van der Waals surface area contributed by atoms with E-state index in [-0.39, 0.29) is 0 Å². The molecule has 28 heavy (non-hydrogen) atoms. The molecular weight excluding hydrogens is 350 g/mol. The molecule has 5 rings (SSSR count). The van der Waals surface area contributed by atoms with E-state index in [1.54, 1.807) is 19.5 Å². The highest BCUT2D eigenvalue weighted by Gasteiger charge is 2.11. The Morgan fingerprint density at radius 3 is 2.54 bits per heavy atom. The maximum absolute atomic E-state index is 5.20. The summed E-state index contributed by atoms with van der Waals surface area (Å²) in [7, 11) is 1.65. The molecule has 136 valence electrons. The number of benzene rings is 3. The molecular formula is C22H17N5O. The monoisotopic (exact) mass is 367 g/mol. The van der Waals surface area contributed by atoms with Gasteiger partial charge in [0.15, 0.2) is 5.65 Å². The molecule has 3 aromatic carbocycles. The third kappa shape index (κ3) is 2.81. The fraction of sp³-hybridized carbons (Fsp3) is 0.0455. The van der Waals surface area contributed by atoms with Gasteiger partial charge in [-0.1, -0.05) is 36.4 Å². The molecule has 2 aromatic heterocycles. The summed E-state index contributed by atoms with van der Waals surface area (Å²) >= 11 is 0. The Balaban J connectivity index is 1.58. The molecule has 0 radical (unpaired) electrons. The quantitative estimate of drug-likeness (QED) is 0.498. The van der Waals surface area contributed by atoms with Gasteiger partial charge in [-0.05, 0) is 35.7 Å². The largest absolute Gasteiger partial charge is 0.497 e. The molecule has 0 amide bonds. The maximum atomic E-state index is 5.20. The van der Waals surface area contributed by atoms with Gasteiger partial charge in [-0.15, -0.1) is 0 Å². The van der Waals surface area contributed by atoms with Gasteiger partial charge >= 0.3 is 0 Å². The van der Waals surface area contributed by atoms with E-state index < -0.39 is 0 Å². The number of ether oxygens (including phenoxy) is 1. The van der Waals surface area contributed by atoms with Crippen LogP contribution in [0.15, 0.2) is 79.1 Å². The van der Waals surface area contributed by atoms with E-state index in [1.807, 2.05) is 53.2 Å². The van der Waals surface area contributed by atoms with Gasteiger partial charge in [0, 0.05) is 17.3 Å². The fourth-order valence-electron chi connectivity index (χ4n) is 3.25. The normalized spacial score (nSPS) is 11.0. The lowest BCUT2D eigenvalue weighted by molar-refractivity contribution is 0.415. The topological polar surface area (TPSA) is 64.9 Å². The molecule has 0 aliphatic rings. The van der Waals surface area contributed by atoms with Crippen LogP contribution in [0.2, 0.25) is 0 Å². The molecule has 6 nitrogen and oxygen atoms in total. The minimum atomic E-state index is 0.514. The van der Waals surface area contributed by atoms with Crippen molar-refractivity contribution in [3.8, 4) is 11.4 Å². The van der Waals surface area contributed by atoms with Crippen molar-refractivity contribution in [3.63, 3.8) is 0 Å². The van der Waals surface area contributed by atoms with Crippen LogP contribution in [0.5, 0.6) is 5.75 Å². The van der Waals surface area contributed by atoms with Crippen LogP contribution in [-0.2, 0) is 0 Å². The molecule has 0 aliphatic heterocycles. The summed E-state index contributed by atoms with van der Waals surface area (Å²) in [4.78, 5) is 9.11. The SMILES string of the molecule is COc1ccc(Nc2ncc3cnn(-c4cccc5ccccc45)c3n2)cc1. The molecule has 0 spiro atoms. The Morgan fingerprint density at radius 1 is 0.857 bits per heavy atom. The molecule has 0 unspecified atom stereocenters. The van der Waals surface area contributed by atoms with Gasteiger partial charge in [-0.2, -0.15) is 10.1 Å². The third-order valence-corrected chi connectivity index (χ3v) is 4.65. The zero-order valence-corrected chi connectivity index (χ0v) is 15.2. The Hall–Kier alpha value is -3.93. The molecule has 0 fully saturated rings. The first-order valence-corrected chi connectivity index (χ1v) is 8.92. The average molecular weight is 367 g/mol. The lowest BCUT2D eigenvalue weighted by atomic mass is 10.1. The number of nitrogens with one attached hydrogen (secondary N) is 1. The van der Waals surface area contributed by atoms with Gasteiger partial charge in [0.1, 0.15) is 5.75 Å². The van der Waals surface area contributed by atoms with Crippen molar-refractivity contribution in [3.05, 3.63) is 79.1 Å². The van der Waals surface area contributed by atoms with E-state index in [4.69, 9.17) is 9.72 Å². The first-order valence-electron chi connectivity index (χ1n) is 8.92. The van der Waals surface area contributed by atoms with Crippen LogP contribution in [0.25, 0.3) is 27.5 Å². The summed E-state index contributed by atoms with van der Waals surface area (Å²) in [6.07, 6.45) is 3.57. The zero-order chi connectivity index (χ0) is 18.9. The minimum Gasteiger partial charge on any atom is -0.497 e. The second kappa shape index (κ2) is 6.66. The van der Waals surface area contributed by atoms with Crippen LogP contribution in [0.3, 0.4) is 0 Å². The van der Waals surface area contributed by atoms with Gasteiger partial charge in [0.25, 0.3) is 0 Å². The average Bonchev–Trinajstić information content (AvgIpc) is 3.17. The number of fused-ring (bicyclic) bond motifs is 2. The van der Waals surface area contributed by atoms with Crippen molar-refractivity contribution in [1.82, 2.24) is 19.7 Å². The van der Waals surface area contributed by atoms with Crippen molar-refractivity contribution >= 4 is 33.4 Å². The summed E-state index contributed by atoms with van der Waals surface area (Å²) in [5, 5.41) is 11.0. The molecule has 0 atom stereocenters. The molecule has 0 saturated carbocycles. The summed E-state index contributed by atoms with van der Waals surface area (Å²) in [6, 6.07) is 22.1. The van der Waals surface area contributed by atoms with Crippen molar-refractivity contribution in [2.45, 2.75) is 0 Å². The first kappa shape index (κ1) is 16.3. The summed E-state index contributed by atoms with van der Waals surface area (Å²) in [5.41, 5.74) is 2.63. The van der Waals surface area contributed by atoms with E-state index in [0.29, 0.717) is 5.95 Å². The van der Waals surface area contributed by atoms with Crippen LogP contribution in [0.4, 0.5) is 11.6 Å². The van der Waals surface area contributed by atoms with E-state index in [9.17, 15) is 0 Å². The lowest BCUT2D eigenvalue weighted by Gasteiger charge is -2.09. The standard InChI is InChI=1S/C22H17N5O/c1-28-18-11-9-17(10-12-18)25-22-23-13-16-14-24-27(21(16)26-22)20-8-4-6-15-5-2-3-7-19(15)20/h2-14H,1H3,(H,23,25,26). The zero-order valence-electron chi connectivity index (χ0n) is 15.2. The highest BCUT2D eigenvalue weighted by atomic mass is 16.5. The summed E-state index contributed by atoms with van der Waals surface area (Å²) < 4.78 is 7.06. The van der Waals surface area contributed by atoms with Gasteiger partial charge in [-0.25, -0.2) is 9.67 Å². The number of nitrogens with zero attached hydrogens (tertiary/aromatic N) is 4. The molecule has 0 saturated heterocycles. The van der Waals surface area contributed by atoms with E-state index in [2.05, 4.69) is 33.6 Å². The molecule has 1 N–H and O–H groups in total. The number of methoxy groups -OCH3 is 1. The van der Waals surface area contributed by atoms with Crippen LogP contribution >= 0.6 is 0 Å². The second-order valence-electron chi connectivity index (χ2n) is 6.38. The van der Waals surface area contributed by atoms with Crippen LogP contribution < -0.4 is 10.1 Å². The van der Waals surface area contributed by atoms with Crippen LogP contribution in [-0.4, -0.2) is 26.9 Å². The van der Waals surface area contributed by atoms with Crippen LogP contribution in [0.1, 0.15) is 0 Å². The summed E-state index contributed by atoms with van der Waals surface area (Å²) in [5.74, 6) is 1.32. The lowest BCUT2D eigenvalue weighted by Crippen LogP contribution is -2.02. The predicted octanol–water partition coefficient (Wildman–Crippen LogP) is 4.72. The smallest absolute Gasteiger partial charge is 0.229 e. The highest BCUT2D eigenvalue weighted by molar-refractivity contribution is 5.91. The number of hydrogen-bond acceptors (Lipinski definition) is 5. The van der Waals surface area contributed by atoms with Crippen molar-refractivity contribution in [2.75, 3.05) is 12.4 Å². The highest BCUT2D eigenvalue weighted by Crippen LogP contribution is 2.25. The first-order chi connectivity index (χ1) is 13.8. The Morgan fingerprint density at radius 2 is 1.68 bits per heavy atom. The van der Waals surface area contributed by atoms with Gasteiger partial charge in [0.2, 0.25) is 5.95 Å². The fourth-order valence-corrected chi connectivity index (χ4v) is 3.25. The number of aromatic nitrogens is 4. The van der Waals surface area contributed by atoms with Crippen molar-refractivity contribution < 1.29 is 4.74 Å². The summed E-state index contributed by atoms with van der Waals surface area (Å²) in [6.45, 7) is 0. The molecule has 0 aliphatic carbocycles. The minimum absolute atomic E-state index is 0.514. The second-order valence-corrected chi connectivity index (χ2v) is 6.38. The van der Waals surface area contributed by atoms with E-state index in [1.165, 1.54) is 0 Å². The maximum Gasteiger partial charge on any atom is 0.229 e. The van der Waals surface area contributed by atoms with Gasteiger partial charge in [0.05, 0.1) is 24.4 Å². The molecule has 6 heteroatoms. The number of hydrogen-bond donors (Lipinski definition) is 1. The molecule has 0 bridgehead atoms. The van der Waals surface area contributed by atoms with Gasteiger partial charge < -0.3 is 10.1 Å². The number of anilines is 2. The van der Waals surface area contributed by atoms with E-state index in [0.717, 1.165) is 38.9 Å². The van der Waals surface area contributed by atoms with E-state index >= 15 is 0 Å². The predicted molar refractivity (Wildman–Crippen MR) is 110 cm³/mol. The Labute approximate surface area is 161 Å². The molecule has 2 heterocycles. The van der Waals surface area contributed by atoms with Gasteiger partial charge in [-0.3, -0.25) is 0 Å².